The second-order valence-electron chi connectivity index (χ2n) is 8.17. The molecule has 0 aliphatic rings. The SMILES string of the molecule is C=CC(=O)Oc1ccc(C(C)(C)c2ccc(OCCOC(=O)C(=C)C)cc2)c(OCC)c1OCC. The van der Waals surface area contributed by atoms with Crippen LogP contribution in [-0.4, -0.2) is 38.4 Å². The van der Waals surface area contributed by atoms with Crippen LogP contribution >= 0.6 is 0 Å². The van der Waals surface area contributed by atoms with E-state index >= 15 is 0 Å². The average Bonchev–Trinajstić information content (AvgIpc) is 2.83. The number of hydrogen-bond donors (Lipinski definition) is 0. The van der Waals surface area contributed by atoms with Gasteiger partial charge in [-0.1, -0.05) is 45.2 Å². The summed E-state index contributed by atoms with van der Waals surface area (Å²) in [7, 11) is 0. The molecule has 7 heteroatoms. The van der Waals surface area contributed by atoms with Crippen LogP contribution in [0.25, 0.3) is 0 Å². The molecule has 0 aliphatic heterocycles. The highest BCUT2D eigenvalue weighted by molar-refractivity contribution is 5.87. The summed E-state index contributed by atoms with van der Waals surface area (Å²) >= 11 is 0. The van der Waals surface area contributed by atoms with Crippen molar-refractivity contribution in [2.45, 2.75) is 40.0 Å². The first-order valence-corrected chi connectivity index (χ1v) is 11.5. The third kappa shape index (κ3) is 7.12. The van der Waals surface area contributed by atoms with E-state index in [1.165, 1.54) is 0 Å². The second kappa shape index (κ2) is 12.6. The largest absolute Gasteiger partial charge is 0.490 e. The lowest BCUT2D eigenvalue weighted by Gasteiger charge is -2.30. The molecule has 0 saturated heterocycles. The highest BCUT2D eigenvalue weighted by atomic mass is 16.6. The van der Waals surface area contributed by atoms with E-state index in [2.05, 4.69) is 27.0 Å². The first-order valence-electron chi connectivity index (χ1n) is 11.5. The van der Waals surface area contributed by atoms with E-state index in [-0.39, 0.29) is 19.0 Å². The molecule has 0 fully saturated rings. The normalized spacial score (nSPS) is 10.8. The summed E-state index contributed by atoms with van der Waals surface area (Å²) in [5.74, 6) is 0.809. The minimum absolute atomic E-state index is 0.139. The lowest BCUT2D eigenvalue weighted by Crippen LogP contribution is -2.21. The van der Waals surface area contributed by atoms with Crippen molar-refractivity contribution in [3.8, 4) is 23.0 Å². The number of esters is 2. The summed E-state index contributed by atoms with van der Waals surface area (Å²) < 4.78 is 27.9. The maximum absolute atomic E-state index is 11.8. The maximum atomic E-state index is 11.8. The zero-order chi connectivity index (χ0) is 26.0. The Morgan fingerprint density at radius 2 is 1.54 bits per heavy atom. The quantitative estimate of drug-likeness (QED) is 0.164. The number of ether oxygens (including phenoxy) is 5. The summed E-state index contributed by atoms with van der Waals surface area (Å²) in [6.07, 6.45) is 1.10. The van der Waals surface area contributed by atoms with Crippen LogP contribution in [-0.2, 0) is 19.7 Å². The van der Waals surface area contributed by atoms with Crippen molar-refractivity contribution in [1.82, 2.24) is 0 Å². The predicted octanol–water partition coefficient (Wildman–Crippen LogP) is 5.40. The first-order chi connectivity index (χ1) is 16.6. The lowest BCUT2D eigenvalue weighted by atomic mass is 9.77. The molecule has 2 aromatic carbocycles. The summed E-state index contributed by atoms with van der Waals surface area (Å²) in [6, 6.07) is 11.2. The lowest BCUT2D eigenvalue weighted by molar-refractivity contribution is -0.139. The molecule has 0 spiro atoms. The monoisotopic (exact) mass is 482 g/mol. The van der Waals surface area contributed by atoms with Crippen molar-refractivity contribution in [2.24, 2.45) is 0 Å². The van der Waals surface area contributed by atoms with E-state index in [9.17, 15) is 9.59 Å². The van der Waals surface area contributed by atoms with Gasteiger partial charge in [-0.25, -0.2) is 9.59 Å². The maximum Gasteiger partial charge on any atom is 0.335 e. The van der Waals surface area contributed by atoms with Crippen molar-refractivity contribution < 1.29 is 33.3 Å². The fourth-order valence-electron chi connectivity index (χ4n) is 3.38. The molecule has 0 heterocycles. The smallest absolute Gasteiger partial charge is 0.335 e. The molecule has 0 saturated carbocycles. The molecule has 0 atom stereocenters. The van der Waals surface area contributed by atoms with Gasteiger partial charge in [-0.05, 0) is 44.5 Å². The third-order valence-corrected chi connectivity index (χ3v) is 5.21. The minimum atomic E-state index is -0.578. The number of hydrogen-bond acceptors (Lipinski definition) is 7. The molecule has 2 aromatic rings. The topological polar surface area (TPSA) is 80.3 Å². The summed E-state index contributed by atoms with van der Waals surface area (Å²) in [5, 5.41) is 0. The standard InChI is InChI=1S/C28H34O7/c1-8-24(29)35-23-16-15-22(25(31-9-2)26(23)32-10-3)28(6,7)20-11-13-21(14-12-20)33-17-18-34-27(30)19(4)5/h8,11-16H,1,4,9-10,17-18H2,2-3,5-7H3. The van der Waals surface area contributed by atoms with Gasteiger partial charge >= 0.3 is 11.9 Å². The molecule has 188 valence electrons. The average molecular weight is 483 g/mol. The van der Waals surface area contributed by atoms with Crippen molar-refractivity contribution in [1.29, 1.82) is 0 Å². The molecule has 2 rings (SSSR count). The van der Waals surface area contributed by atoms with Gasteiger partial charge in [0, 0.05) is 22.6 Å². The second-order valence-corrected chi connectivity index (χ2v) is 8.17. The van der Waals surface area contributed by atoms with Gasteiger partial charge in [0.25, 0.3) is 0 Å². The van der Waals surface area contributed by atoms with Gasteiger partial charge in [-0.2, -0.15) is 0 Å². The molecule has 35 heavy (non-hydrogen) atoms. The molecule has 0 aromatic heterocycles. The fourth-order valence-corrected chi connectivity index (χ4v) is 3.38. The Bertz CT molecular complexity index is 1050. The molecule has 0 bridgehead atoms. The van der Waals surface area contributed by atoms with Crippen LogP contribution in [0.1, 0.15) is 45.7 Å². The van der Waals surface area contributed by atoms with E-state index in [1.807, 2.05) is 44.2 Å². The van der Waals surface area contributed by atoms with E-state index in [1.54, 1.807) is 13.0 Å². The number of benzene rings is 2. The van der Waals surface area contributed by atoms with Crippen LogP contribution in [0.15, 0.2) is 61.2 Å². The highest BCUT2D eigenvalue weighted by Crippen LogP contribution is 2.47. The third-order valence-electron chi connectivity index (χ3n) is 5.21. The van der Waals surface area contributed by atoms with Crippen LogP contribution < -0.4 is 18.9 Å². The number of carbonyl (C=O) groups is 2. The Kier molecular flexibility index (Phi) is 9.94. The Labute approximate surface area is 207 Å². The van der Waals surface area contributed by atoms with Gasteiger partial charge in [0.1, 0.15) is 19.0 Å². The Hall–Kier alpha value is -3.74. The number of rotatable bonds is 13. The van der Waals surface area contributed by atoms with E-state index in [0.29, 0.717) is 36.0 Å². The minimum Gasteiger partial charge on any atom is -0.490 e. The zero-order valence-corrected chi connectivity index (χ0v) is 21.1. The molecule has 0 amide bonds. The van der Waals surface area contributed by atoms with Crippen LogP contribution in [0.3, 0.4) is 0 Å². The van der Waals surface area contributed by atoms with Gasteiger partial charge in [0.05, 0.1) is 13.2 Å². The first kappa shape index (κ1) is 27.5. The van der Waals surface area contributed by atoms with Crippen LogP contribution in [0, 0.1) is 0 Å². The molecule has 7 nitrogen and oxygen atoms in total. The van der Waals surface area contributed by atoms with Crippen LogP contribution in [0.5, 0.6) is 23.0 Å². The van der Waals surface area contributed by atoms with E-state index < -0.39 is 17.4 Å². The van der Waals surface area contributed by atoms with Crippen molar-refractivity contribution >= 4 is 11.9 Å². The number of carbonyl (C=O) groups excluding carboxylic acids is 2. The Morgan fingerprint density at radius 1 is 0.914 bits per heavy atom. The molecule has 0 aliphatic carbocycles. The van der Waals surface area contributed by atoms with Crippen molar-refractivity contribution in [3.05, 3.63) is 72.3 Å². The van der Waals surface area contributed by atoms with E-state index in [0.717, 1.165) is 17.2 Å². The molecular formula is C28H34O7. The summed E-state index contributed by atoms with van der Waals surface area (Å²) in [5.41, 5.74) is 1.76. The van der Waals surface area contributed by atoms with Crippen molar-refractivity contribution in [3.63, 3.8) is 0 Å². The van der Waals surface area contributed by atoms with Gasteiger partial charge in [-0.15, -0.1) is 0 Å². The van der Waals surface area contributed by atoms with Gasteiger partial charge in [-0.3, -0.25) is 0 Å². The van der Waals surface area contributed by atoms with Crippen LogP contribution in [0.4, 0.5) is 0 Å². The van der Waals surface area contributed by atoms with Gasteiger partial charge in [0.2, 0.25) is 5.75 Å². The Balaban J connectivity index is 2.30. The molecule has 0 unspecified atom stereocenters. The van der Waals surface area contributed by atoms with Gasteiger partial charge in [0.15, 0.2) is 11.5 Å². The molecule has 0 N–H and O–H groups in total. The summed E-state index contributed by atoms with van der Waals surface area (Å²) in [4.78, 5) is 23.3. The predicted molar refractivity (Wildman–Crippen MR) is 134 cm³/mol. The van der Waals surface area contributed by atoms with Crippen molar-refractivity contribution in [2.75, 3.05) is 26.4 Å². The Morgan fingerprint density at radius 3 is 2.11 bits per heavy atom. The van der Waals surface area contributed by atoms with E-state index in [4.69, 9.17) is 23.7 Å². The summed E-state index contributed by atoms with van der Waals surface area (Å²) in [6.45, 7) is 17.6. The highest BCUT2D eigenvalue weighted by Gasteiger charge is 2.31. The zero-order valence-electron chi connectivity index (χ0n) is 21.1. The molecular weight excluding hydrogens is 448 g/mol. The molecule has 0 radical (unpaired) electrons. The van der Waals surface area contributed by atoms with Gasteiger partial charge < -0.3 is 23.7 Å². The fraction of sp³-hybridized carbons (Fsp3) is 0.357. The van der Waals surface area contributed by atoms with Crippen LogP contribution in [0.2, 0.25) is 0 Å².